The highest BCUT2D eigenvalue weighted by Gasteiger charge is 2.14. The van der Waals surface area contributed by atoms with Crippen molar-refractivity contribution in [2.45, 2.75) is 246 Å². The molecular weight excluding hydrogens is 634 g/mol. The summed E-state index contributed by atoms with van der Waals surface area (Å²) in [7, 11) is 0. The highest BCUT2D eigenvalue weighted by molar-refractivity contribution is 5.69. The standard InChI is InChI=1S/C44H87NO5.CH4/c1-4-7-10-13-16-25-32-41-49-43(47)35-28-21-17-23-30-37-45(39-40-46)38-31-24-18-22-29-36-44(48)50-42(33-26-19-14-11-8-5-2)34-27-20-15-12-9-6-3;/h42,46H,4-41H2,1-3H3;1H4. The fraction of sp³-hybridized carbons (Fsp3) is 0.956. The van der Waals surface area contributed by atoms with Crippen molar-refractivity contribution in [2.24, 2.45) is 0 Å². The van der Waals surface area contributed by atoms with Gasteiger partial charge in [-0.2, -0.15) is 0 Å². The maximum atomic E-state index is 12.7. The van der Waals surface area contributed by atoms with Gasteiger partial charge in [0.25, 0.3) is 0 Å². The molecule has 306 valence electrons. The molecular formula is C45H91NO5. The van der Waals surface area contributed by atoms with Crippen molar-refractivity contribution in [1.82, 2.24) is 4.90 Å². The van der Waals surface area contributed by atoms with E-state index in [0.29, 0.717) is 19.4 Å². The molecule has 0 spiro atoms. The van der Waals surface area contributed by atoms with Gasteiger partial charge < -0.3 is 19.5 Å². The van der Waals surface area contributed by atoms with Crippen LogP contribution in [0, 0.1) is 0 Å². The number of carbonyl (C=O) groups excluding carboxylic acids is 2. The molecule has 0 radical (unpaired) electrons. The van der Waals surface area contributed by atoms with Gasteiger partial charge in [0.15, 0.2) is 0 Å². The van der Waals surface area contributed by atoms with Gasteiger partial charge in [-0.3, -0.25) is 9.59 Å². The molecule has 0 heterocycles. The summed E-state index contributed by atoms with van der Waals surface area (Å²) in [5, 5.41) is 9.54. The molecule has 1 N–H and O–H groups in total. The van der Waals surface area contributed by atoms with Gasteiger partial charge in [-0.1, -0.05) is 169 Å². The number of nitrogens with zero attached hydrogens (tertiary/aromatic N) is 1. The van der Waals surface area contributed by atoms with Gasteiger partial charge in [0.2, 0.25) is 0 Å². The van der Waals surface area contributed by atoms with Crippen LogP contribution in [-0.4, -0.2) is 60.9 Å². The number of esters is 2. The zero-order chi connectivity index (χ0) is 36.6. The Morgan fingerprint density at radius 3 is 1.29 bits per heavy atom. The third-order valence-electron chi connectivity index (χ3n) is 10.2. The van der Waals surface area contributed by atoms with Gasteiger partial charge >= 0.3 is 11.9 Å². The number of ether oxygens (including phenoxy) is 2. The van der Waals surface area contributed by atoms with E-state index in [1.807, 2.05) is 0 Å². The molecule has 0 unspecified atom stereocenters. The van der Waals surface area contributed by atoms with Crippen molar-refractivity contribution in [1.29, 1.82) is 0 Å². The Kier molecular flexibility index (Phi) is 44.1. The van der Waals surface area contributed by atoms with E-state index in [2.05, 4.69) is 25.7 Å². The normalized spacial score (nSPS) is 11.3. The van der Waals surface area contributed by atoms with Crippen molar-refractivity contribution in [2.75, 3.05) is 32.8 Å². The van der Waals surface area contributed by atoms with E-state index in [4.69, 9.17) is 9.47 Å². The maximum absolute atomic E-state index is 12.7. The molecule has 0 rings (SSSR count). The number of hydrogen-bond acceptors (Lipinski definition) is 6. The summed E-state index contributed by atoms with van der Waals surface area (Å²) >= 11 is 0. The Bertz CT molecular complexity index is 686. The zero-order valence-corrected chi connectivity index (χ0v) is 34.0. The number of hydrogen-bond donors (Lipinski definition) is 1. The molecule has 0 aromatic rings. The van der Waals surface area contributed by atoms with Crippen molar-refractivity contribution in [3.63, 3.8) is 0 Å². The first kappa shape index (κ1) is 52.0. The summed E-state index contributed by atoms with van der Waals surface area (Å²) in [5.74, 6) is -0.0175. The van der Waals surface area contributed by atoms with Gasteiger partial charge in [0, 0.05) is 19.4 Å². The van der Waals surface area contributed by atoms with E-state index in [-0.39, 0.29) is 32.1 Å². The van der Waals surface area contributed by atoms with E-state index in [0.717, 1.165) is 90.3 Å². The number of unbranched alkanes of at least 4 members (excludes halogenated alkanes) is 24. The predicted octanol–water partition coefficient (Wildman–Crippen LogP) is 13.3. The molecule has 0 bridgehead atoms. The number of aliphatic hydroxyl groups is 1. The smallest absolute Gasteiger partial charge is 0.306 e. The van der Waals surface area contributed by atoms with Gasteiger partial charge in [-0.25, -0.2) is 0 Å². The minimum Gasteiger partial charge on any atom is -0.466 e. The summed E-state index contributed by atoms with van der Waals surface area (Å²) in [6.45, 7) is 10.4. The third kappa shape index (κ3) is 39.9. The lowest BCUT2D eigenvalue weighted by molar-refractivity contribution is -0.150. The summed E-state index contributed by atoms with van der Waals surface area (Å²) in [5.41, 5.74) is 0. The van der Waals surface area contributed by atoms with E-state index in [1.165, 1.54) is 128 Å². The first-order valence-electron chi connectivity index (χ1n) is 22.3. The minimum absolute atomic E-state index is 0. The van der Waals surface area contributed by atoms with Crippen molar-refractivity contribution in [3.05, 3.63) is 0 Å². The van der Waals surface area contributed by atoms with Crippen molar-refractivity contribution >= 4 is 11.9 Å². The summed E-state index contributed by atoms with van der Waals surface area (Å²) < 4.78 is 11.4. The zero-order valence-electron chi connectivity index (χ0n) is 34.0. The second-order valence-electron chi connectivity index (χ2n) is 15.2. The molecule has 51 heavy (non-hydrogen) atoms. The Morgan fingerprint density at radius 1 is 0.471 bits per heavy atom. The SMILES string of the molecule is C.CCCCCCCCCOC(=O)CCCCCCCN(CCO)CCCCCCCC(=O)OC(CCCCCCCC)CCCCCCCC. The summed E-state index contributed by atoms with van der Waals surface area (Å²) in [6, 6.07) is 0. The summed E-state index contributed by atoms with van der Waals surface area (Å²) in [4.78, 5) is 27.0. The lowest BCUT2D eigenvalue weighted by Gasteiger charge is -2.21. The topological polar surface area (TPSA) is 76.1 Å². The Morgan fingerprint density at radius 2 is 0.843 bits per heavy atom. The molecule has 0 fully saturated rings. The van der Waals surface area contributed by atoms with Crippen molar-refractivity contribution in [3.8, 4) is 0 Å². The fourth-order valence-electron chi connectivity index (χ4n) is 6.88. The third-order valence-corrected chi connectivity index (χ3v) is 10.2. The highest BCUT2D eigenvalue weighted by atomic mass is 16.5. The van der Waals surface area contributed by atoms with Gasteiger partial charge in [0.1, 0.15) is 6.10 Å². The predicted molar refractivity (Wildman–Crippen MR) is 220 cm³/mol. The second-order valence-corrected chi connectivity index (χ2v) is 15.2. The fourth-order valence-corrected chi connectivity index (χ4v) is 6.88. The molecule has 0 aromatic carbocycles. The quantitative estimate of drug-likeness (QED) is 0.0499. The number of rotatable bonds is 41. The Hall–Kier alpha value is -1.14. The largest absolute Gasteiger partial charge is 0.466 e. The first-order valence-corrected chi connectivity index (χ1v) is 22.3. The van der Waals surface area contributed by atoms with Crippen LogP contribution in [0.25, 0.3) is 0 Å². The average Bonchev–Trinajstić information content (AvgIpc) is 3.11. The number of aliphatic hydroxyl groups excluding tert-OH is 1. The van der Waals surface area contributed by atoms with Crippen LogP contribution in [0.2, 0.25) is 0 Å². The molecule has 0 amide bonds. The van der Waals surface area contributed by atoms with E-state index in [9.17, 15) is 14.7 Å². The molecule has 0 aliphatic heterocycles. The van der Waals surface area contributed by atoms with Crippen LogP contribution in [0.3, 0.4) is 0 Å². The molecule has 0 saturated heterocycles. The molecule has 0 saturated carbocycles. The van der Waals surface area contributed by atoms with Crippen LogP contribution in [0.1, 0.15) is 240 Å². The van der Waals surface area contributed by atoms with Crippen molar-refractivity contribution < 1.29 is 24.2 Å². The lowest BCUT2D eigenvalue weighted by atomic mass is 10.0. The Labute approximate surface area is 319 Å². The van der Waals surface area contributed by atoms with Crippen LogP contribution < -0.4 is 0 Å². The second kappa shape index (κ2) is 43.3. The molecule has 6 nitrogen and oxygen atoms in total. The van der Waals surface area contributed by atoms with E-state index in [1.54, 1.807) is 0 Å². The van der Waals surface area contributed by atoms with Gasteiger partial charge in [-0.15, -0.1) is 0 Å². The van der Waals surface area contributed by atoms with E-state index >= 15 is 0 Å². The maximum Gasteiger partial charge on any atom is 0.306 e. The molecule has 6 heteroatoms. The Balaban J connectivity index is 0. The van der Waals surface area contributed by atoms with E-state index < -0.39 is 0 Å². The molecule has 0 atom stereocenters. The van der Waals surface area contributed by atoms with Crippen LogP contribution in [0.4, 0.5) is 0 Å². The van der Waals surface area contributed by atoms with Crippen LogP contribution in [0.15, 0.2) is 0 Å². The molecule has 0 aliphatic carbocycles. The minimum atomic E-state index is -0.0312. The first-order chi connectivity index (χ1) is 24.6. The highest BCUT2D eigenvalue weighted by Crippen LogP contribution is 2.18. The average molecular weight is 726 g/mol. The lowest BCUT2D eigenvalue weighted by Crippen LogP contribution is -2.29. The van der Waals surface area contributed by atoms with Crippen LogP contribution in [-0.2, 0) is 19.1 Å². The summed E-state index contributed by atoms with van der Waals surface area (Å²) in [6.07, 6.45) is 38.3. The van der Waals surface area contributed by atoms with Crippen LogP contribution in [0.5, 0.6) is 0 Å². The van der Waals surface area contributed by atoms with Gasteiger partial charge in [0.05, 0.1) is 13.2 Å². The number of carbonyl (C=O) groups is 2. The van der Waals surface area contributed by atoms with Gasteiger partial charge in [-0.05, 0) is 70.9 Å². The van der Waals surface area contributed by atoms with Crippen LogP contribution >= 0.6 is 0 Å². The molecule has 0 aromatic heterocycles. The monoisotopic (exact) mass is 726 g/mol. The molecule has 0 aliphatic rings.